The summed E-state index contributed by atoms with van der Waals surface area (Å²) in [5.41, 5.74) is 2.89. The van der Waals surface area contributed by atoms with Crippen molar-refractivity contribution in [3.05, 3.63) is 95.6 Å². The lowest BCUT2D eigenvalue weighted by molar-refractivity contribution is 0.0936. The number of hydrogen-bond acceptors (Lipinski definition) is 3. The zero-order valence-corrected chi connectivity index (χ0v) is 16.3. The summed E-state index contributed by atoms with van der Waals surface area (Å²) in [7, 11) is 1.64. The smallest absolute Gasteiger partial charge is 0.252 e. The maximum absolute atomic E-state index is 12.9. The molecule has 0 saturated carbocycles. The number of carbonyl (C=O) groups excluding carboxylic acids is 1. The molecule has 4 heteroatoms. The van der Waals surface area contributed by atoms with E-state index in [9.17, 15) is 4.79 Å². The Morgan fingerprint density at radius 2 is 1.63 bits per heavy atom. The average Bonchev–Trinajstić information content (AvgIpc) is 2.73. The lowest BCUT2D eigenvalue weighted by Crippen LogP contribution is -2.27. The highest BCUT2D eigenvalue weighted by molar-refractivity contribution is 7.98. The van der Waals surface area contributed by atoms with Crippen molar-refractivity contribution in [2.45, 2.75) is 23.6 Å². The van der Waals surface area contributed by atoms with Gasteiger partial charge in [-0.2, -0.15) is 0 Å². The minimum atomic E-state index is -0.152. The number of ether oxygens (including phenoxy) is 1. The molecule has 138 valence electrons. The fourth-order valence-corrected chi connectivity index (χ4v) is 3.90. The minimum Gasteiger partial charge on any atom is -0.496 e. The van der Waals surface area contributed by atoms with E-state index >= 15 is 0 Å². The molecule has 3 aromatic carbocycles. The fraction of sp³-hybridized carbons (Fsp3) is 0.174. The molecule has 0 bridgehead atoms. The zero-order chi connectivity index (χ0) is 19.1. The number of benzene rings is 3. The number of thioether (sulfide) groups is 1. The standard InChI is InChI=1S/C23H23NO2S/c1-17(19-12-6-8-14-21(19)26-2)24-23(25)20-13-7-9-15-22(20)27-16-18-10-4-3-5-11-18/h3-15,17H,16H2,1-2H3,(H,24,25). The largest absolute Gasteiger partial charge is 0.496 e. The maximum Gasteiger partial charge on any atom is 0.252 e. The fourth-order valence-electron chi connectivity index (χ4n) is 2.89. The monoisotopic (exact) mass is 377 g/mol. The molecular weight excluding hydrogens is 354 g/mol. The Balaban J connectivity index is 1.73. The number of nitrogens with one attached hydrogen (secondary N) is 1. The van der Waals surface area contributed by atoms with Crippen LogP contribution in [0.2, 0.25) is 0 Å². The van der Waals surface area contributed by atoms with Gasteiger partial charge in [0.25, 0.3) is 5.91 Å². The Labute approximate surface area is 164 Å². The highest BCUT2D eigenvalue weighted by Gasteiger charge is 2.17. The van der Waals surface area contributed by atoms with Gasteiger partial charge in [-0.05, 0) is 30.7 Å². The van der Waals surface area contributed by atoms with E-state index in [-0.39, 0.29) is 11.9 Å². The van der Waals surface area contributed by atoms with Crippen molar-refractivity contribution in [3.8, 4) is 5.75 Å². The van der Waals surface area contributed by atoms with E-state index in [0.29, 0.717) is 5.56 Å². The van der Waals surface area contributed by atoms with Crippen molar-refractivity contribution in [2.24, 2.45) is 0 Å². The molecule has 0 aromatic heterocycles. The number of para-hydroxylation sites is 1. The SMILES string of the molecule is COc1ccccc1C(C)NC(=O)c1ccccc1SCc1ccccc1. The first-order valence-corrected chi connectivity index (χ1v) is 9.87. The normalized spacial score (nSPS) is 11.6. The molecule has 0 aliphatic rings. The second-order valence-electron chi connectivity index (χ2n) is 6.21. The highest BCUT2D eigenvalue weighted by Crippen LogP contribution is 2.28. The van der Waals surface area contributed by atoms with E-state index in [1.807, 2.05) is 73.7 Å². The van der Waals surface area contributed by atoms with E-state index in [4.69, 9.17) is 4.74 Å². The van der Waals surface area contributed by atoms with E-state index < -0.39 is 0 Å². The topological polar surface area (TPSA) is 38.3 Å². The van der Waals surface area contributed by atoms with Crippen molar-refractivity contribution in [1.82, 2.24) is 5.32 Å². The number of rotatable bonds is 7. The predicted octanol–water partition coefficient (Wildman–Crippen LogP) is 5.48. The number of methoxy groups -OCH3 is 1. The summed E-state index contributed by atoms with van der Waals surface area (Å²) in [6, 6.07) is 25.6. The molecule has 0 saturated heterocycles. The first-order chi connectivity index (χ1) is 13.2. The summed E-state index contributed by atoms with van der Waals surface area (Å²) in [5.74, 6) is 1.52. The van der Waals surface area contributed by atoms with Gasteiger partial charge in [0.05, 0.1) is 18.7 Å². The van der Waals surface area contributed by atoms with Crippen LogP contribution in [0, 0.1) is 0 Å². The quantitative estimate of drug-likeness (QED) is 0.554. The molecule has 0 spiro atoms. The Kier molecular flexibility index (Phi) is 6.55. The van der Waals surface area contributed by atoms with Gasteiger partial charge in [0, 0.05) is 16.2 Å². The molecule has 3 aromatic rings. The second kappa shape index (κ2) is 9.28. The van der Waals surface area contributed by atoms with Crippen LogP contribution in [0.1, 0.15) is 34.5 Å². The molecule has 0 fully saturated rings. The van der Waals surface area contributed by atoms with E-state index in [2.05, 4.69) is 17.4 Å². The van der Waals surface area contributed by atoms with Crippen LogP contribution in [0.3, 0.4) is 0 Å². The lowest BCUT2D eigenvalue weighted by Gasteiger charge is -2.18. The van der Waals surface area contributed by atoms with Gasteiger partial charge in [-0.3, -0.25) is 4.79 Å². The molecule has 1 N–H and O–H groups in total. The van der Waals surface area contributed by atoms with Crippen LogP contribution in [-0.4, -0.2) is 13.0 Å². The number of carbonyl (C=O) groups is 1. The molecule has 0 radical (unpaired) electrons. The predicted molar refractivity (Wildman–Crippen MR) is 111 cm³/mol. The molecule has 1 unspecified atom stereocenters. The summed E-state index contributed by atoms with van der Waals surface area (Å²) >= 11 is 1.67. The average molecular weight is 378 g/mol. The van der Waals surface area contributed by atoms with Gasteiger partial charge in [0.2, 0.25) is 0 Å². The molecule has 0 aliphatic heterocycles. The molecule has 0 aliphatic carbocycles. The summed E-state index contributed by atoms with van der Waals surface area (Å²) < 4.78 is 5.41. The van der Waals surface area contributed by atoms with Gasteiger partial charge >= 0.3 is 0 Å². The third kappa shape index (κ3) is 4.92. The summed E-state index contributed by atoms with van der Waals surface area (Å²) in [6.45, 7) is 1.97. The van der Waals surface area contributed by atoms with Crippen LogP contribution in [0.25, 0.3) is 0 Å². The highest BCUT2D eigenvalue weighted by atomic mass is 32.2. The Hall–Kier alpha value is -2.72. The molecule has 0 heterocycles. The third-order valence-electron chi connectivity index (χ3n) is 4.32. The molecular formula is C23H23NO2S. The van der Waals surface area contributed by atoms with Gasteiger partial charge in [0.1, 0.15) is 5.75 Å². The van der Waals surface area contributed by atoms with Crippen LogP contribution in [-0.2, 0) is 5.75 Å². The molecule has 3 nitrogen and oxygen atoms in total. The molecule has 1 atom stereocenters. The molecule has 1 amide bonds. The van der Waals surface area contributed by atoms with Crippen LogP contribution >= 0.6 is 11.8 Å². The van der Waals surface area contributed by atoms with Gasteiger partial charge in [-0.1, -0.05) is 60.7 Å². The number of hydrogen-bond donors (Lipinski definition) is 1. The van der Waals surface area contributed by atoms with Crippen LogP contribution in [0.5, 0.6) is 5.75 Å². The lowest BCUT2D eigenvalue weighted by atomic mass is 10.1. The van der Waals surface area contributed by atoms with E-state index in [1.54, 1.807) is 18.9 Å². The van der Waals surface area contributed by atoms with Crippen LogP contribution < -0.4 is 10.1 Å². The van der Waals surface area contributed by atoms with Crippen LogP contribution in [0.15, 0.2) is 83.8 Å². The van der Waals surface area contributed by atoms with Crippen LogP contribution in [0.4, 0.5) is 0 Å². The van der Waals surface area contributed by atoms with Gasteiger partial charge in [-0.15, -0.1) is 11.8 Å². The molecule has 27 heavy (non-hydrogen) atoms. The third-order valence-corrected chi connectivity index (χ3v) is 5.47. The van der Waals surface area contributed by atoms with E-state index in [0.717, 1.165) is 22.0 Å². The van der Waals surface area contributed by atoms with Crippen molar-refractivity contribution >= 4 is 17.7 Å². The van der Waals surface area contributed by atoms with Gasteiger partial charge < -0.3 is 10.1 Å². The Bertz CT molecular complexity index is 896. The summed E-state index contributed by atoms with van der Waals surface area (Å²) in [4.78, 5) is 13.9. The van der Waals surface area contributed by atoms with Crippen molar-refractivity contribution in [1.29, 1.82) is 0 Å². The molecule has 3 rings (SSSR count). The first-order valence-electron chi connectivity index (χ1n) is 8.88. The van der Waals surface area contributed by atoms with Crippen molar-refractivity contribution < 1.29 is 9.53 Å². The van der Waals surface area contributed by atoms with Crippen molar-refractivity contribution in [3.63, 3.8) is 0 Å². The second-order valence-corrected chi connectivity index (χ2v) is 7.22. The summed E-state index contributed by atoms with van der Waals surface area (Å²) in [6.07, 6.45) is 0. The maximum atomic E-state index is 12.9. The Morgan fingerprint density at radius 1 is 0.963 bits per heavy atom. The Morgan fingerprint density at radius 3 is 2.41 bits per heavy atom. The van der Waals surface area contributed by atoms with Gasteiger partial charge in [0.15, 0.2) is 0 Å². The number of amides is 1. The minimum absolute atomic E-state index is 0.0791. The zero-order valence-electron chi connectivity index (χ0n) is 15.5. The summed E-state index contributed by atoms with van der Waals surface area (Å²) in [5, 5.41) is 3.09. The van der Waals surface area contributed by atoms with E-state index in [1.165, 1.54) is 5.56 Å². The van der Waals surface area contributed by atoms with Crippen molar-refractivity contribution in [2.75, 3.05) is 7.11 Å². The van der Waals surface area contributed by atoms with Gasteiger partial charge in [-0.25, -0.2) is 0 Å². The first kappa shape index (κ1) is 19.1.